The molecule has 7 nitrogen and oxygen atoms in total. The van der Waals surface area contributed by atoms with Crippen molar-refractivity contribution < 1.29 is 31.1 Å². The van der Waals surface area contributed by atoms with Crippen molar-refractivity contribution in [2.45, 2.75) is 12.5 Å². The van der Waals surface area contributed by atoms with Gasteiger partial charge >= 0.3 is 6.09 Å². The van der Waals surface area contributed by atoms with E-state index < -0.39 is 39.3 Å². The first-order chi connectivity index (χ1) is 13.2. The minimum Gasteiger partial charge on any atom is -0.442 e. The predicted octanol–water partition coefficient (Wildman–Crippen LogP) is 1.57. The van der Waals surface area contributed by atoms with Crippen molar-refractivity contribution in [3.05, 3.63) is 24.0 Å². The monoisotopic (exact) mass is 437 g/mol. The lowest BCUT2D eigenvalue weighted by Crippen LogP contribution is -2.40. The molecule has 1 aromatic rings. The lowest BCUT2D eigenvalue weighted by Gasteiger charge is -2.29. The number of rotatable bonds is 5. The molecule has 2 fully saturated rings. The van der Waals surface area contributed by atoms with Crippen LogP contribution in [0.15, 0.2) is 18.2 Å². The Hall–Kier alpha value is -2.08. The second-order valence-electron chi connectivity index (χ2n) is 6.44. The number of alkyl halides is 2. The number of carbonyl (C=O) groups is 1. The van der Waals surface area contributed by atoms with Gasteiger partial charge in [-0.1, -0.05) is 12.2 Å². The summed E-state index contributed by atoms with van der Waals surface area (Å²) >= 11 is 4.47. The molecule has 2 aliphatic rings. The van der Waals surface area contributed by atoms with Crippen LogP contribution >= 0.6 is 12.2 Å². The van der Waals surface area contributed by atoms with E-state index in [1.807, 2.05) is 0 Å². The molecule has 154 valence electrons. The van der Waals surface area contributed by atoms with E-state index in [1.54, 1.807) is 4.90 Å². The van der Waals surface area contributed by atoms with Crippen molar-refractivity contribution in [3.8, 4) is 0 Å². The number of nitrogens with zero attached hydrogens (tertiary/aromatic N) is 2. The maximum atomic E-state index is 14.6. The van der Waals surface area contributed by atoms with Gasteiger partial charge in [0.05, 0.1) is 36.0 Å². The van der Waals surface area contributed by atoms with Gasteiger partial charge in [0.15, 0.2) is 9.84 Å². The zero-order chi connectivity index (χ0) is 20.5. The summed E-state index contributed by atoms with van der Waals surface area (Å²) < 4.78 is 67.5. The molecular weight excluding hydrogens is 419 g/mol. The summed E-state index contributed by atoms with van der Waals surface area (Å²) in [6.45, 7) is 0.372. The Morgan fingerprint density at radius 1 is 1.32 bits per heavy atom. The van der Waals surface area contributed by atoms with Crippen LogP contribution in [0.3, 0.4) is 0 Å². The average molecular weight is 437 g/mol. The Balaban J connectivity index is 1.65. The predicted molar refractivity (Wildman–Crippen MR) is 101 cm³/mol. The molecule has 1 atom stereocenters. The highest BCUT2D eigenvalue weighted by atomic mass is 32.2. The highest BCUT2D eigenvalue weighted by molar-refractivity contribution is 7.91. The molecule has 28 heavy (non-hydrogen) atoms. The summed E-state index contributed by atoms with van der Waals surface area (Å²) in [5.41, 5.74) is 0.515. The standard InChI is InChI=1S/C16H18F3N3O4S2/c17-12-7-10(1-2-13(12)21-3-5-28(24,25)6-4-21)22-9-11(26-16(22)23)8-20-15(27)14(18)19/h1-2,7,11,14H,3-6,8-9H2,(H,20,27)/t11-/m0/s1. The van der Waals surface area contributed by atoms with Crippen LogP contribution in [0, 0.1) is 5.82 Å². The van der Waals surface area contributed by atoms with E-state index in [-0.39, 0.29) is 49.1 Å². The van der Waals surface area contributed by atoms with E-state index in [0.29, 0.717) is 0 Å². The molecule has 1 amide bonds. The van der Waals surface area contributed by atoms with Crippen LogP contribution in [0.5, 0.6) is 0 Å². The van der Waals surface area contributed by atoms with Crippen LogP contribution in [0.25, 0.3) is 0 Å². The van der Waals surface area contributed by atoms with Gasteiger partial charge in [0.2, 0.25) is 0 Å². The van der Waals surface area contributed by atoms with E-state index in [4.69, 9.17) is 4.74 Å². The van der Waals surface area contributed by atoms with Crippen molar-refractivity contribution >= 4 is 44.5 Å². The summed E-state index contributed by atoms with van der Waals surface area (Å²) in [4.78, 5) is 14.2. The highest BCUT2D eigenvalue weighted by Gasteiger charge is 2.33. The number of halogens is 3. The molecular formula is C16H18F3N3O4S2. The molecule has 0 saturated carbocycles. The number of sulfone groups is 1. The van der Waals surface area contributed by atoms with E-state index in [2.05, 4.69) is 17.5 Å². The van der Waals surface area contributed by atoms with Gasteiger partial charge in [-0.3, -0.25) is 4.90 Å². The highest BCUT2D eigenvalue weighted by Crippen LogP contribution is 2.28. The summed E-state index contributed by atoms with van der Waals surface area (Å²) in [6, 6.07) is 4.18. The lowest BCUT2D eigenvalue weighted by atomic mass is 10.2. The number of anilines is 2. The molecule has 1 N–H and O–H groups in total. The molecule has 2 aliphatic heterocycles. The molecule has 0 aliphatic carbocycles. The van der Waals surface area contributed by atoms with Gasteiger partial charge in [-0.2, -0.15) is 0 Å². The molecule has 2 heterocycles. The zero-order valence-electron chi connectivity index (χ0n) is 14.6. The number of hydrogen-bond acceptors (Lipinski definition) is 6. The summed E-state index contributed by atoms with van der Waals surface area (Å²) in [6.07, 6.45) is -4.22. The Morgan fingerprint density at radius 2 is 2.00 bits per heavy atom. The number of carbonyl (C=O) groups excluding carboxylic acids is 1. The first-order valence-corrected chi connectivity index (χ1v) is 10.7. The zero-order valence-corrected chi connectivity index (χ0v) is 16.2. The third-order valence-corrected chi connectivity index (χ3v) is 6.44. The van der Waals surface area contributed by atoms with Crippen molar-refractivity contribution in [2.75, 3.05) is 47.5 Å². The number of amides is 1. The van der Waals surface area contributed by atoms with Crippen LogP contribution in [0.1, 0.15) is 0 Å². The number of hydrogen-bond donors (Lipinski definition) is 1. The van der Waals surface area contributed by atoms with E-state index in [9.17, 15) is 26.4 Å². The summed E-state index contributed by atoms with van der Waals surface area (Å²) in [7, 11) is -3.08. The van der Waals surface area contributed by atoms with Gasteiger partial charge < -0.3 is 15.0 Å². The number of ether oxygens (including phenoxy) is 1. The fourth-order valence-electron chi connectivity index (χ4n) is 3.00. The van der Waals surface area contributed by atoms with Gasteiger partial charge in [0, 0.05) is 13.1 Å². The van der Waals surface area contributed by atoms with Crippen molar-refractivity contribution in [2.24, 2.45) is 0 Å². The first-order valence-electron chi connectivity index (χ1n) is 8.45. The third-order valence-electron chi connectivity index (χ3n) is 4.50. The Kier molecular flexibility index (Phi) is 5.98. The largest absolute Gasteiger partial charge is 0.442 e. The average Bonchev–Trinajstić information content (AvgIpc) is 3.00. The molecule has 0 spiro atoms. The third kappa shape index (κ3) is 4.66. The van der Waals surface area contributed by atoms with Gasteiger partial charge in [0.25, 0.3) is 6.43 Å². The maximum absolute atomic E-state index is 14.6. The second kappa shape index (κ2) is 8.11. The first kappa shape index (κ1) is 20.6. The molecule has 12 heteroatoms. The quantitative estimate of drug-likeness (QED) is 0.701. The van der Waals surface area contributed by atoms with E-state index >= 15 is 0 Å². The van der Waals surface area contributed by atoms with E-state index in [1.165, 1.54) is 23.1 Å². The van der Waals surface area contributed by atoms with Crippen molar-refractivity contribution in [3.63, 3.8) is 0 Å². The molecule has 0 unspecified atom stereocenters. The topological polar surface area (TPSA) is 79.0 Å². The molecule has 0 radical (unpaired) electrons. The lowest BCUT2D eigenvalue weighted by molar-refractivity contribution is 0.142. The van der Waals surface area contributed by atoms with Gasteiger partial charge in [-0.05, 0) is 18.2 Å². The van der Waals surface area contributed by atoms with Crippen molar-refractivity contribution in [1.29, 1.82) is 0 Å². The Labute approximate surface area is 165 Å². The van der Waals surface area contributed by atoms with Gasteiger partial charge in [0.1, 0.15) is 16.9 Å². The van der Waals surface area contributed by atoms with Crippen LogP contribution in [0.2, 0.25) is 0 Å². The Morgan fingerprint density at radius 3 is 2.61 bits per heavy atom. The number of nitrogens with one attached hydrogen (secondary N) is 1. The van der Waals surface area contributed by atoms with Crippen molar-refractivity contribution in [1.82, 2.24) is 5.32 Å². The molecule has 1 aromatic carbocycles. The normalized spacial score (nSPS) is 21.7. The van der Waals surface area contributed by atoms with Gasteiger partial charge in [-0.25, -0.2) is 26.4 Å². The fraction of sp³-hybridized carbons (Fsp3) is 0.500. The second-order valence-corrected chi connectivity index (χ2v) is 9.18. The molecule has 2 saturated heterocycles. The van der Waals surface area contributed by atoms with Gasteiger partial charge in [-0.15, -0.1) is 0 Å². The number of thiocarbonyl (C=S) groups is 1. The maximum Gasteiger partial charge on any atom is 0.414 e. The molecule has 0 aromatic heterocycles. The fourth-order valence-corrected chi connectivity index (χ4v) is 4.29. The minimum absolute atomic E-state index is 0.0399. The summed E-state index contributed by atoms with van der Waals surface area (Å²) in [5.74, 6) is -0.672. The number of benzene rings is 1. The molecule has 3 rings (SSSR count). The van der Waals surface area contributed by atoms with E-state index in [0.717, 1.165) is 0 Å². The van der Waals surface area contributed by atoms with Crippen LogP contribution in [-0.4, -0.2) is 69.7 Å². The minimum atomic E-state index is -3.08. The van der Waals surface area contributed by atoms with Crippen LogP contribution in [-0.2, 0) is 14.6 Å². The Bertz CT molecular complexity index is 868. The smallest absolute Gasteiger partial charge is 0.414 e. The molecule has 0 bridgehead atoms. The van der Waals surface area contributed by atoms with Crippen LogP contribution < -0.4 is 15.1 Å². The summed E-state index contributed by atoms with van der Waals surface area (Å²) in [5, 5.41) is 2.33. The van der Waals surface area contributed by atoms with Crippen LogP contribution in [0.4, 0.5) is 29.3 Å². The SMILES string of the molecule is O=C1O[C@@H](CNC(=S)C(F)F)CN1c1ccc(N2CCS(=O)(=O)CC2)c(F)c1. The number of cyclic esters (lactones) is 1.